The number of aromatic nitrogens is 5. The van der Waals surface area contributed by atoms with Gasteiger partial charge >= 0.3 is 0 Å². The van der Waals surface area contributed by atoms with Crippen LogP contribution in [0.5, 0.6) is 17.2 Å². The molecule has 0 aliphatic carbocycles. The van der Waals surface area contributed by atoms with Crippen LogP contribution >= 0.6 is 11.3 Å². The second kappa shape index (κ2) is 14.7. The van der Waals surface area contributed by atoms with Crippen LogP contribution in [0.4, 0.5) is 0 Å². The Kier molecular flexibility index (Phi) is 10.0. The highest BCUT2D eigenvalue weighted by atomic mass is 32.1. The Morgan fingerprint density at radius 1 is 0.917 bits per heavy atom. The second-order valence-electron chi connectivity index (χ2n) is 11.9. The fraction of sp³-hybridized carbons (Fsp3) is 0.263. The molecule has 0 atom stereocenters. The highest BCUT2D eigenvalue weighted by molar-refractivity contribution is 7.15. The number of thiazole rings is 1. The van der Waals surface area contributed by atoms with E-state index in [2.05, 4.69) is 36.9 Å². The lowest BCUT2D eigenvalue weighted by molar-refractivity contribution is 0.288. The number of aryl methyl sites for hydroxylation is 1. The number of hydrogen-bond acceptors (Lipinski definition) is 8. The molecule has 0 aliphatic rings. The summed E-state index contributed by atoms with van der Waals surface area (Å²) in [4.78, 5) is 18.7. The number of nitrogens with zero attached hydrogens (tertiary/aromatic N) is 5. The smallest absolute Gasteiger partial charge is 0.291 e. The zero-order valence-electron chi connectivity index (χ0n) is 27.8. The van der Waals surface area contributed by atoms with Crippen LogP contribution in [0.1, 0.15) is 56.1 Å². The number of hydrogen-bond donors (Lipinski definition) is 0. The molecule has 0 saturated carbocycles. The molecular formula is C38H39N5O4S. The number of rotatable bonds is 13. The van der Waals surface area contributed by atoms with Gasteiger partial charge in [-0.05, 0) is 91.4 Å². The van der Waals surface area contributed by atoms with E-state index >= 15 is 0 Å². The average molecular weight is 662 g/mol. The van der Waals surface area contributed by atoms with Gasteiger partial charge in [0.05, 0.1) is 30.5 Å². The summed E-state index contributed by atoms with van der Waals surface area (Å²) < 4.78 is 21.0. The van der Waals surface area contributed by atoms with Crippen LogP contribution in [0.25, 0.3) is 40.1 Å². The van der Waals surface area contributed by atoms with Gasteiger partial charge in [-0.1, -0.05) is 62.4 Å². The largest absolute Gasteiger partial charge is 0.493 e. The number of para-hydroxylation sites is 1. The van der Waals surface area contributed by atoms with Crippen molar-refractivity contribution in [3.63, 3.8) is 0 Å². The summed E-state index contributed by atoms with van der Waals surface area (Å²) in [5.74, 6) is 3.24. The van der Waals surface area contributed by atoms with Gasteiger partial charge in [-0.15, -0.1) is 5.10 Å². The molecule has 48 heavy (non-hydrogen) atoms. The van der Waals surface area contributed by atoms with E-state index < -0.39 is 0 Å². The van der Waals surface area contributed by atoms with Gasteiger partial charge in [0.15, 0.2) is 17.3 Å². The molecule has 6 rings (SSSR count). The maximum Gasteiger partial charge on any atom is 0.291 e. The van der Waals surface area contributed by atoms with Crippen LogP contribution < -0.4 is 24.3 Å². The van der Waals surface area contributed by atoms with Gasteiger partial charge in [0.1, 0.15) is 11.4 Å². The summed E-state index contributed by atoms with van der Waals surface area (Å²) >= 11 is 1.30. The standard InChI is InChI=1S/C38H39N5O4S/c1-6-19-46-32-15-12-27(22-33(32)45-5)13-17-35-39-38-43(40-35)37(44)34(48-38)23-29-24-42(30-10-8-7-9-11-30)41-36(29)28-14-16-31(26(4)21-28)47-20-18-25(2)3/h7-17,21-25H,6,18-20H2,1-5H3/b17-13+,34-23-. The van der Waals surface area contributed by atoms with Crippen LogP contribution in [0.2, 0.25) is 0 Å². The zero-order chi connectivity index (χ0) is 33.6. The van der Waals surface area contributed by atoms with Gasteiger partial charge in [0.2, 0.25) is 4.96 Å². The van der Waals surface area contributed by atoms with E-state index in [0.717, 1.165) is 52.2 Å². The topological polar surface area (TPSA) is 92.8 Å². The van der Waals surface area contributed by atoms with Crippen molar-refractivity contribution >= 4 is 34.5 Å². The molecule has 0 fully saturated rings. The van der Waals surface area contributed by atoms with E-state index in [1.807, 2.05) is 90.6 Å². The van der Waals surface area contributed by atoms with E-state index in [1.165, 1.54) is 15.9 Å². The predicted octanol–water partition coefficient (Wildman–Crippen LogP) is 7.25. The van der Waals surface area contributed by atoms with Gasteiger partial charge in [0.25, 0.3) is 5.56 Å². The first kappa shape index (κ1) is 32.7. The van der Waals surface area contributed by atoms with Crippen LogP contribution in [-0.2, 0) is 0 Å². The summed E-state index contributed by atoms with van der Waals surface area (Å²) in [5, 5.41) is 9.44. The van der Waals surface area contributed by atoms with E-state index in [9.17, 15) is 4.79 Å². The minimum atomic E-state index is -0.232. The molecule has 0 radical (unpaired) electrons. The molecule has 0 spiro atoms. The van der Waals surface area contributed by atoms with Crippen molar-refractivity contribution in [3.05, 3.63) is 110 Å². The first-order valence-corrected chi connectivity index (χ1v) is 16.9. The number of methoxy groups -OCH3 is 1. The molecule has 246 valence electrons. The summed E-state index contributed by atoms with van der Waals surface area (Å²) in [6.45, 7) is 9.77. The molecule has 6 aromatic rings. The van der Waals surface area contributed by atoms with Gasteiger partial charge in [-0.2, -0.15) is 14.6 Å². The van der Waals surface area contributed by atoms with Crippen molar-refractivity contribution in [2.75, 3.05) is 20.3 Å². The van der Waals surface area contributed by atoms with Crippen molar-refractivity contribution in [1.29, 1.82) is 0 Å². The minimum Gasteiger partial charge on any atom is -0.493 e. The summed E-state index contributed by atoms with van der Waals surface area (Å²) in [6, 6.07) is 21.7. The van der Waals surface area contributed by atoms with Crippen LogP contribution in [0.3, 0.4) is 0 Å². The molecule has 0 amide bonds. The lowest BCUT2D eigenvalue weighted by atomic mass is 10.0. The van der Waals surface area contributed by atoms with E-state index in [-0.39, 0.29) is 5.56 Å². The molecule has 0 N–H and O–H groups in total. The molecule has 3 aromatic heterocycles. The maximum atomic E-state index is 13.5. The van der Waals surface area contributed by atoms with Crippen LogP contribution in [-0.4, -0.2) is 44.7 Å². The Labute approximate surface area is 283 Å². The van der Waals surface area contributed by atoms with Crippen molar-refractivity contribution in [3.8, 4) is 34.2 Å². The molecule has 0 unspecified atom stereocenters. The third kappa shape index (κ3) is 7.34. The normalized spacial score (nSPS) is 12.1. The number of benzene rings is 3. The van der Waals surface area contributed by atoms with Crippen LogP contribution in [0, 0.1) is 12.8 Å². The molecule has 3 aromatic carbocycles. The highest BCUT2D eigenvalue weighted by Crippen LogP contribution is 2.30. The van der Waals surface area contributed by atoms with Gasteiger partial charge < -0.3 is 14.2 Å². The minimum absolute atomic E-state index is 0.232. The van der Waals surface area contributed by atoms with Crippen molar-refractivity contribution in [2.24, 2.45) is 5.92 Å². The molecule has 3 heterocycles. The second-order valence-corrected chi connectivity index (χ2v) is 12.9. The van der Waals surface area contributed by atoms with Crippen LogP contribution in [0.15, 0.2) is 77.7 Å². The van der Waals surface area contributed by atoms with E-state index in [1.54, 1.807) is 13.2 Å². The van der Waals surface area contributed by atoms with Gasteiger partial charge in [-0.25, -0.2) is 4.68 Å². The zero-order valence-corrected chi connectivity index (χ0v) is 28.7. The number of ether oxygens (including phenoxy) is 3. The fourth-order valence-electron chi connectivity index (χ4n) is 5.14. The summed E-state index contributed by atoms with van der Waals surface area (Å²) in [6.07, 6.45) is 9.39. The summed E-state index contributed by atoms with van der Waals surface area (Å²) in [7, 11) is 1.62. The lowest BCUT2D eigenvalue weighted by Crippen LogP contribution is -2.23. The van der Waals surface area contributed by atoms with Crippen molar-refractivity contribution < 1.29 is 14.2 Å². The molecule has 0 aliphatic heterocycles. The Morgan fingerprint density at radius 3 is 2.44 bits per heavy atom. The van der Waals surface area contributed by atoms with Crippen molar-refractivity contribution in [2.45, 2.75) is 40.5 Å². The third-order valence-corrected chi connectivity index (χ3v) is 8.68. The Hall–Kier alpha value is -5.22. The molecule has 0 saturated heterocycles. The molecule has 10 heteroatoms. The first-order valence-electron chi connectivity index (χ1n) is 16.1. The average Bonchev–Trinajstić information content (AvgIpc) is 3.78. The Bertz CT molecular complexity index is 2160. The molecular weight excluding hydrogens is 623 g/mol. The monoisotopic (exact) mass is 661 g/mol. The lowest BCUT2D eigenvalue weighted by Gasteiger charge is -2.11. The molecule has 9 nitrogen and oxygen atoms in total. The van der Waals surface area contributed by atoms with E-state index in [4.69, 9.17) is 19.3 Å². The summed E-state index contributed by atoms with van der Waals surface area (Å²) in [5.41, 5.74) is 5.13. The number of fused-ring (bicyclic) bond motifs is 1. The van der Waals surface area contributed by atoms with Gasteiger partial charge in [0, 0.05) is 17.3 Å². The fourth-order valence-corrected chi connectivity index (χ4v) is 6.05. The van der Waals surface area contributed by atoms with Crippen molar-refractivity contribution in [1.82, 2.24) is 24.4 Å². The highest BCUT2D eigenvalue weighted by Gasteiger charge is 2.15. The quantitative estimate of drug-likeness (QED) is 0.129. The van der Waals surface area contributed by atoms with Gasteiger partial charge in [-0.3, -0.25) is 4.79 Å². The maximum absolute atomic E-state index is 13.5. The Morgan fingerprint density at radius 2 is 1.71 bits per heavy atom. The Balaban J connectivity index is 1.31. The first-order chi connectivity index (χ1) is 23.3. The molecule has 0 bridgehead atoms. The van der Waals surface area contributed by atoms with E-state index in [0.29, 0.717) is 45.9 Å². The SMILES string of the molecule is CCCOc1ccc(/C=C/c2nc3s/c(=C\c4cn(-c5ccccc5)nc4-c4ccc(OCCC(C)C)c(C)c4)c(=O)n3n2)cc1OC. The predicted molar refractivity (Wildman–Crippen MR) is 192 cm³/mol. The third-order valence-electron chi connectivity index (χ3n) is 7.72.